The second kappa shape index (κ2) is 8.14. The zero-order valence-electron chi connectivity index (χ0n) is 15.3. The van der Waals surface area contributed by atoms with Crippen LogP contribution < -0.4 is 0 Å². The van der Waals surface area contributed by atoms with Crippen LogP contribution in [0.2, 0.25) is 5.02 Å². The Labute approximate surface area is 168 Å². The van der Waals surface area contributed by atoms with Crippen molar-refractivity contribution < 1.29 is 19.4 Å². The first-order valence-corrected chi connectivity index (χ1v) is 9.42. The van der Waals surface area contributed by atoms with Gasteiger partial charge in [0.25, 0.3) is 0 Å². The molecule has 1 saturated carbocycles. The summed E-state index contributed by atoms with van der Waals surface area (Å²) in [4.78, 5) is 25.6. The number of Topliss-reactive ketones (excluding diaryl/α,β-unsaturated/α-hetero) is 1. The summed E-state index contributed by atoms with van der Waals surface area (Å²) in [6.45, 7) is 1.78. The quantitative estimate of drug-likeness (QED) is 0.629. The number of rotatable bonds is 4. The Kier molecular flexibility index (Phi) is 5.83. The molecule has 0 unspecified atom stereocenters. The number of carbonyl (C=O) groups is 2. The molecule has 5 nitrogen and oxygen atoms in total. The molecular weight excluding hydrogens is 378 g/mol. The molecule has 28 heavy (non-hydrogen) atoms. The molecule has 2 aromatic carbocycles. The average molecular weight is 398 g/mol. The predicted octanol–water partition coefficient (Wildman–Crippen LogP) is 3.60. The highest BCUT2D eigenvalue weighted by molar-refractivity contribution is 6.30. The van der Waals surface area contributed by atoms with Gasteiger partial charge in [0, 0.05) is 17.4 Å². The molecule has 1 fully saturated rings. The number of hydrogen-bond acceptors (Lipinski definition) is 5. The topological polar surface area (TPSA) is 87.4 Å². The van der Waals surface area contributed by atoms with E-state index in [9.17, 15) is 20.0 Å². The fraction of sp³-hybridized carbons (Fsp3) is 0.318. The van der Waals surface area contributed by atoms with Crippen molar-refractivity contribution in [2.24, 2.45) is 11.8 Å². The summed E-state index contributed by atoms with van der Waals surface area (Å²) in [5.41, 5.74) is -0.659. The summed E-state index contributed by atoms with van der Waals surface area (Å²) in [5, 5.41) is 21.9. The van der Waals surface area contributed by atoms with Gasteiger partial charge >= 0.3 is 5.97 Å². The number of nitriles is 1. The van der Waals surface area contributed by atoms with Crippen molar-refractivity contribution in [1.29, 1.82) is 5.26 Å². The van der Waals surface area contributed by atoms with Gasteiger partial charge in [0.2, 0.25) is 0 Å². The molecule has 3 rings (SSSR count). The van der Waals surface area contributed by atoms with Gasteiger partial charge in [-0.1, -0.05) is 54.1 Å². The highest BCUT2D eigenvalue weighted by Crippen LogP contribution is 2.50. The summed E-state index contributed by atoms with van der Waals surface area (Å²) in [5.74, 6) is -4.16. The molecule has 144 valence electrons. The monoisotopic (exact) mass is 397 g/mol. The van der Waals surface area contributed by atoms with Crippen molar-refractivity contribution in [3.8, 4) is 6.07 Å². The predicted molar refractivity (Wildman–Crippen MR) is 103 cm³/mol. The smallest absolute Gasteiger partial charge is 0.317 e. The van der Waals surface area contributed by atoms with E-state index in [1.54, 1.807) is 61.5 Å². The molecule has 1 N–H and O–H groups in total. The van der Waals surface area contributed by atoms with Gasteiger partial charge in [-0.15, -0.1) is 0 Å². The largest absolute Gasteiger partial charge is 0.465 e. The molecule has 1 aliphatic carbocycles. The molecule has 0 saturated heterocycles. The van der Waals surface area contributed by atoms with Crippen LogP contribution in [0.3, 0.4) is 0 Å². The summed E-state index contributed by atoms with van der Waals surface area (Å²) in [6.07, 6.45) is -0.331. The number of halogens is 1. The minimum absolute atomic E-state index is 0.121. The maximum atomic E-state index is 13.0. The summed E-state index contributed by atoms with van der Waals surface area (Å²) >= 11 is 5.98. The van der Waals surface area contributed by atoms with Gasteiger partial charge < -0.3 is 9.84 Å². The van der Waals surface area contributed by atoms with Crippen LogP contribution in [0.15, 0.2) is 54.6 Å². The van der Waals surface area contributed by atoms with Crippen molar-refractivity contribution >= 4 is 23.4 Å². The van der Waals surface area contributed by atoms with Gasteiger partial charge in [0.05, 0.1) is 18.6 Å². The van der Waals surface area contributed by atoms with Gasteiger partial charge in [-0.3, -0.25) is 9.59 Å². The molecule has 4 atom stereocenters. The van der Waals surface area contributed by atoms with Gasteiger partial charge in [-0.2, -0.15) is 5.26 Å². The molecular formula is C22H20ClNO4. The molecule has 2 aromatic rings. The minimum atomic E-state index is -1.71. The number of carbonyl (C=O) groups excluding carboxylic acids is 2. The number of benzene rings is 2. The van der Waals surface area contributed by atoms with Gasteiger partial charge in [0.1, 0.15) is 11.5 Å². The third-order valence-electron chi connectivity index (χ3n) is 5.23. The van der Waals surface area contributed by atoms with Crippen LogP contribution in [-0.4, -0.2) is 23.5 Å². The number of hydrogen-bond donors (Lipinski definition) is 1. The third kappa shape index (κ3) is 3.54. The van der Waals surface area contributed by atoms with Crippen LogP contribution >= 0.6 is 11.6 Å². The lowest BCUT2D eigenvalue weighted by Crippen LogP contribution is -2.51. The van der Waals surface area contributed by atoms with E-state index in [0.29, 0.717) is 16.1 Å². The highest BCUT2D eigenvalue weighted by atomic mass is 35.5. The molecule has 0 aliphatic heterocycles. The van der Waals surface area contributed by atoms with Crippen molar-refractivity contribution in [2.75, 3.05) is 6.61 Å². The molecule has 6 heteroatoms. The normalized spacial score (nSPS) is 27.1. The number of ether oxygens (including phenoxy) is 1. The molecule has 0 bridgehead atoms. The maximum Gasteiger partial charge on any atom is 0.317 e. The maximum absolute atomic E-state index is 13.0. The van der Waals surface area contributed by atoms with E-state index < -0.39 is 35.1 Å². The van der Waals surface area contributed by atoms with Crippen molar-refractivity contribution in [3.05, 3.63) is 70.7 Å². The van der Waals surface area contributed by atoms with Crippen molar-refractivity contribution in [2.45, 2.75) is 24.9 Å². The average Bonchev–Trinajstić information content (AvgIpc) is 2.69. The summed E-state index contributed by atoms with van der Waals surface area (Å²) in [7, 11) is 0. The Morgan fingerprint density at radius 2 is 1.89 bits per heavy atom. The zero-order chi connectivity index (χ0) is 20.3. The number of ketones is 1. The first-order chi connectivity index (χ1) is 13.4. The molecule has 0 heterocycles. The lowest BCUT2D eigenvalue weighted by Gasteiger charge is -2.44. The van der Waals surface area contributed by atoms with E-state index in [-0.39, 0.29) is 13.0 Å². The lowest BCUT2D eigenvalue weighted by atomic mass is 9.60. The highest BCUT2D eigenvalue weighted by Gasteiger charge is 2.56. The van der Waals surface area contributed by atoms with Crippen LogP contribution in [0, 0.1) is 23.2 Å². The minimum Gasteiger partial charge on any atom is -0.465 e. The third-order valence-corrected chi connectivity index (χ3v) is 5.48. The Hall–Kier alpha value is -2.68. The molecule has 1 aliphatic rings. The number of esters is 1. The fourth-order valence-electron chi connectivity index (χ4n) is 3.95. The van der Waals surface area contributed by atoms with E-state index in [0.717, 1.165) is 0 Å². The van der Waals surface area contributed by atoms with Gasteiger partial charge in [-0.05, 0) is 30.2 Å². The van der Waals surface area contributed by atoms with Gasteiger partial charge in [0.15, 0.2) is 5.78 Å². The Balaban J connectivity index is 2.16. The molecule has 0 radical (unpaired) electrons. The van der Waals surface area contributed by atoms with Crippen LogP contribution in [0.5, 0.6) is 0 Å². The van der Waals surface area contributed by atoms with E-state index >= 15 is 0 Å². The van der Waals surface area contributed by atoms with Crippen LogP contribution in [0.1, 0.15) is 30.4 Å². The Morgan fingerprint density at radius 1 is 1.25 bits per heavy atom. The summed E-state index contributed by atoms with van der Waals surface area (Å²) in [6, 6.07) is 17.4. The first-order valence-electron chi connectivity index (χ1n) is 9.04. The standard InChI is InChI=1S/C22H20ClNO4/c1-2-28-21(26)20-18(25)12-22(27,15-6-4-3-5-7-15)17(13-24)19(20)14-8-10-16(23)11-9-14/h3-11,17,19-20,27H,2,12H2,1H3/t17-,19-,20-,22+/m0/s1. The molecule has 0 spiro atoms. The van der Waals surface area contributed by atoms with E-state index in [1.807, 2.05) is 0 Å². The Bertz CT molecular complexity index is 906. The first kappa shape index (κ1) is 20.1. The molecule has 0 aromatic heterocycles. The van der Waals surface area contributed by atoms with Crippen molar-refractivity contribution in [1.82, 2.24) is 0 Å². The number of aliphatic hydroxyl groups is 1. The lowest BCUT2D eigenvalue weighted by molar-refractivity contribution is -0.161. The Morgan fingerprint density at radius 3 is 2.46 bits per heavy atom. The zero-order valence-corrected chi connectivity index (χ0v) is 16.1. The summed E-state index contributed by atoms with van der Waals surface area (Å²) < 4.78 is 5.12. The second-order valence-corrected chi connectivity index (χ2v) is 7.28. The van der Waals surface area contributed by atoms with E-state index in [1.165, 1.54) is 0 Å². The van der Waals surface area contributed by atoms with Crippen LogP contribution in [0.25, 0.3) is 0 Å². The van der Waals surface area contributed by atoms with Gasteiger partial charge in [-0.25, -0.2) is 0 Å². The van der Waals surface area contributed by atoms with Crippen molar-refractivity contribution in [3.63, 3.8) is 0 Å². The second-order valence-electron chi connectivity index (χ2n) is 6.85. The number of nitrogens with zero attached hydrogens (tertiary/aromatic N) is 1. The SMILES string of the molecule is CCOC(=O)[C@H]1C(=O)C[C@@](O)(c2ccccc2)[C@@H](C#N)[C@@H]1c1ccc(Cl)cc1. The fourth-order valence-corrected chi connectivity index (χ4v) is 4.08. The molecule has 0 amide bonds. The van der Waals surface area contributed by atoms with Crippen LogP contribution in [-0.2, 0) is 19.9 Å². The van der Waals surface area contributed by atoms with Crippen LogP contribution in [0.4, 0.5) is 0 Å². The van der Waals surface area contributed by atoms with E-state index in [4.69, 9.17) is 16.3 Å². The van der Waals surface area contributed by atoms with E-state index in [2.05, 4.69) is 6.07 Å².